The van der Waals surface area contributed by atoms with Crippen LogP contribution in [0.4, 0.5) is 0 Å². The minimum absolute atomic E-state index is 0.0398. The lowest BCUT2D eigenvalue weighted by molar-refractivity contribution is 0.0656. The molecule has 4 aromatic heterocycles. The van der Waals surface area contributed by atoms with E-state index < -0.39 is 0 Å². The molecule has 0 N–H and O–H groups in total. The second-order valence-electron chi connectivity index (χ2n) is 7.53. The average molecular weight is 420 g/mol. The molecule has 2 unspecified atom stereocenters. The number of thiophene rings is 1. The third-order valence-electron chi connectivity index (χ3n) is 5.90. The van der Waals surface area contributed by atoms with E-state index in [0.717, 1.165) is 11.3 Å². The summed E-state index contributed by atoms with van der Waals surface area (Å²) in [6.45, 7) is 4.71. The van der Waals surface area contributed by atoms with Crippen molar-refractivity contribution >= 4 is 17.2 Å². The van der Waals surface area contributed by atoms with Gasteiger partial charge in [-0.1, -0.05) is 11.2 Å². The predicted octanol–water partition coefficient (Wildman–Crippen LogP) is 4.19. The van der Waals surface area contributed by atoms with Crippen LogP contribution in [0.5, 0.6) is 0 Å². The van der Waals surface area contributed by atoms with Crippen molar-refractivity contribution in [3.8, 4) is 11.5 Å². The number of hydrogen-bond donors (Lipinski definition) is 0. The number of pyridine rings is 1. The van der Waals surface area contributed by atoms with Crippen molar-refractivity contribution in [1.29, 1.82) is 0 Å². The van der Waals surface area contributed by atoms with Crippen molar-refractivity contribution < 1.29 is 9.32 Å². The maximum Gasteiger partial charge on any atom is 0.276 e. The van der Waals surface area contributed by atoms with E-state index in [-0.39, 0.29) is 17.9 Å². The summed E-state index contributed by atoms with van der Waals surface area (Å²) in [7, 11) is 1.94. The van der Waals surface area contributed by atoms with Crippen LogP contribution in [0.1, 0.15) is 51.1 Å². The van der Waals surface area contributed by atoms with Crippen LogP contribution in [-0.4, -0.2) is 37.3 Å². The van der Waals surface area contributed by atoms with E-state index in [4.69, 9.17) is 4.52 Å². The number of aryl methyl sites for hydroxylation is 1. The molecule has 0 radical (unpaired) electrons. The fourth-order valence-corrected chi connectivity index (χ4v) is 5.18. The molecule has 0 aromatic carbocycles. The number of rotatable bonds is 3. The lowest BCUT2D eigenvalue weighted by atomic mass is 9.88. The second kappa shape index (κ2) is 7.21. The number of amides is 1. The third kappa shape index (κ3) is 2.95. The summed E-state index contributed by atoms with van der Waals surface area (Å²) in [5.41, 5.74) is 4.39. The van der Waals surface area contributed by atoms with Gasteiger partial charge in [0.2, 0.25) is 0 Å². The molecular formula is C22H21N5O2S. The summed E-state index contributed by atoms with van der Waals surface area (Å²) < 4.78 is 7.29. The highest BCUT2D eigenvalue weighted by atomic mass is 32.1. The van der Waals surface area contributed by atoms with Gasteiger partial charge >= 0.3 is 0 Å². The van der Waals surface area contributed by atoms with E-state index >= 15 is 0 Å². The van der Waals surface area contributed by atoms with Gasteiger partial charge in [0.05, 0.1) is 12.2 Å². The highest BCUT2D eigenvalue weighted by Crippen LogP contribution is 2.43. The molecule has 7 nitrogen and oxygen atoms in total. The van der Waals surface area contributed by atoms with Crippen LogP contribution < -0.4 is 0 Å². The molecule has 4 aromatic rings. The van der Waals surface area contributed by atoms with E-state index in [1.165, 1.54) is 10.4 Å². The Morgan fingerprint density at radius 2 is 2.13 bits per heavy atom. The molecule has 2 atom stereocenters. The zero-order valence-electron chi connectivity index (χ0n) is 16.9. The van der Waals surface area contributed by atoms with Gasteiger partial charge in [0.1, 0.15) is 5.69 Å². The molecule has 1 aliphatic rings. The highest BCUT2D eigenvalue weighted by molar-refractivity contribution is 7.10. The van der Waals surface area contributed by atoms with Crippen molar-refractivity contribution in [2.45, 2.75) is 25.8 Å². The van der Waals surface area contributed by atoms with Crippen LogP contribution in [0.2, 0.25) is 0 Å². The molecule has 0 fully saturated rings. The van der Waals surface area contributed by atoms with Gasteiger partial charge in [-0.3, -0.25) is 14.5 Å². The largest absolute Gasteiger partial charge is 0.354 e. The zero-order chi connectivity index (χ0) is 20.8. The molecule has 5 rings (SSSR count). The molecule has 152 valence electrons. The van der Waals surface area contributed by atoms with E-state index in [1.807, 2.05) is 41.0 Å². The molecule has 0 saturated carbocycles. The van der Waals surface area contributed by atoms with Crippen molar-refractivity contribution in [3.05, 3.63) is 75.5 Å². The molecule has 1 aliphatic heterocycles. The summed E-state index contributed by atoms with van der Waals surface area (Å²) in [4.78, 5) is 20.9. The molecular weight excluding hydrogens is 398 g/mol. The van der Waals surface area contributed by atoms with Gasteiger partial charge in [-0.15, -0.1) is 11.3 Å². The van der Waals surface area contributed by atoms with Crippen molar-refractivity contribution in [2.75, 3.05) is 6.54 Å². The van der Waals surface area contributed by atoms with Gasteiger partial charge in [0, 0.05) is 47.9 Å². The zero-order valence-corrected chi connectivity index (χ0v) is 17.8. The quantitative estimate of drug-likeness (QED) is 0.498. The molecule has 0 spiro atoms. The van der Waals surface area contributed by atoms with E-state index in [9.17, 15) is 4.79 Å². The Morgan fingerprint density at radius 1 is 1.27 bits per heavy atom. The number of nitrogens with zero attached hydrogens (tertiary/aromatic N) is 5. The summed E-state index contributed by atoms with van der Waals surface area (Å²) >= 11 is 1.74. The smallest absolute Gasteiger partial charge is 0.276 e. The number of aromatic nitrogens is 4. The van der Waals surface area contributed by atoms with E-state index in [1.54, 1.807) is 23.6 Å². The lowest BCUT2D eigenvalue weighted by Crippen LogP contribution is -2.40. The minimum Gasteiger partial charge on any atom is -0.354 e. The summed E-state index contributed by atoms with van der Waals surface area (Å²) in [6.07, 6.45) is 3.60. The van der Waals surface area contributed by atoms with Gasteiger partial charge < -0.3 is 9.42 Å². The van der Waals surface area contributed by atoms with E-state index in [0.29, 0.717) is 23.7 Å². The number of fused-ring (bicyclic) bond motifs is 1. The molecule has 0 aliphatic carbocycles. The number of hydrogen-bond acceptors (Lipinski definition) is 6. The molecule has 5 heterocycles. The maximum absolute atomic E-state index is 13.4. The van der Waals surface area contributed by atoms with Crippen LogP contribution in [-0.2, 0) is 7.05 Å². The fraction of sp³-hybridized carbons (Fsp3) is 0.273. The first kappa shape index (κ1) is 18.7. The summed E-state index contributed by atoms with van der Waals surface area (Å²) in [5.74, 6) is 0.437. The molecule has 8 heteroatoms. The van der Waals surface area contributed by atoms with Gasteiger partial charge in [-0.05, 0) is 43.0 Å². The Hall–Kier alpha value is -3.26. The summed E-state index contributed by atoms with van der Waals surface area (Å²) in [5, 5.41) is 10.6. The Labute approximate surface area is 178 Å². The van der Waals surface area contributed by atoms with Crippen LogP contribution in [0.25, 0.3) is 11.5 Å². The van der Waals surface area contributed by atoms with Crippen LogP contribution in [0.15, 0.2) is 52.6 Å². The minimum atomic E-state index is -0.142. The van der Waals surface area contributed by atoms with Gasteiger partial charge in [0.15, 0.2) is 11.5 Å². The van der Waals surface area contributed by atoms with Gasteiger partial charge in [-0.2, -0.15) is 5.10 Å². The van der Waals surface area contributed by atoms with Crippen LogP contribution in [0.3, 0.4) is 0 Å². The third-order valence-corrected chi connectivity index (χ3v) is 6.94. The normalized spacial score (nSPS) is 18.4. The molecule has 0 bridgehead atoms. The first-order chi connectivity index (χ1) is 14.5. The SMILES string of the molecule is Cc1c(C2CN(C(=O)c3cc(-c4ccccn4)on3)C(C)c3ccsc32)cnn1C. The fourth-order valence-electron chi connectivity index (χ4n) is 4.07. The first-order valence-corrected chi connectivity index (χ1v) is 10.7. The Balaban J connectivity index is 1.49. The van der Waals surface area contributed by atoms with E-state index in [2.05, 4.69) is 40.5 Å². The number of carbonyl (C=O) groups is 1. The first-order valence-electron chi connectivity index (χ1n) is 9.79. The lowest BCUT2D eigenvalue weighted by Gasteiger charge is -2.37. The van der Waals surface area contributed by atoms with Gasteiger partial charge in [0.25, 0.3) is 5.91 Å². The van der Waals surface area contributed by atoms with Crippen molar-refractivity contribution in [3.63, 3.8) is 0 Å². The standard InChI is InChI=1S/C22H21N5O2S/c1-13-16(11-24-26(13)3)17-12-27(14(2)15-7-9-30-21(15)17)22(28)19-10-20(29-25-19)18-6-4-5-8-23-18/h4-11,14,17H,12H2,1-3H3. The second-order valence-corrected chi connectivity index (χ2v) is 8.47. The summed E-state index contributed by atoms with van der Waals surface area (Å²) in [6, 6.07) is 9.28. The van der Waals surface area contributed by atoms with Crippen LogP contribution >= 0.6 is 11.3 Å². The highest BCUT2D eigenvalue weighted by Gasteiger charge is 2.37. The topological polar surface area (TPSA) is 77.1 Å². The van der Waals surface area contributed by atoms with Crippen LogP contribution in [0, 0.1) is 6.92 Å². The van der Waals surface area contributed by atoms with Gasteiger partial charge in [-0.25, -0.2) is 0 Å². The van der Waals surface area contributed by atoms with Crippen molar-refractivity contribution in [1.82, 2.24) is 24.8 Å². The Bertz CT molecular complexity index is 1210. The monoisotopic (exact) mass is 419 g/mol. The molecule has 0 saturated heterocycles. The van der Waals surface area contributed by atoms with Crippen molar-refractivity contribution in [2.24, 2.45) is 7.05 Å². The number of carbonyl (C=O) groups excluding carboxylic acids is 1. The molecule has 30 heavy (non-hydrogen) atoms. The Kier molecular flexibility index (Phi) is 4.51. The Morgan fingerprint density at radius 3 is 2.87 bits per heavy atom. The predicted molar refractivity (Wildman–Crippen MR) is 113 cm³/mol. The average Bonchev–Trinajstić information content (AvgIpc) is 3.51. The molecule has 1 amide bonds. The maximum atomic E-state index is 13.4.